The van der Waals surface area contributed by atoms with Gasteiger partial charge in [-0.3, -0.25) is 4.79 Å². The second-order valence-corrected chi connectivity index (χ2v) is 5.60. The molecule has 2 atom stereocenters. The van der Waals surface area contributed by atoms with Gasteiger partial charge in [-0.05, 0) is 32.4 Å². The summed E-state index contributed by atoms with van der Waals surface area (Å²) in [6, 6.07) is 11.2. The molecular weight excluding hydrogens is 278 g/mol. The molecule has 0 saturated carbocycles. The number of furan rings is 1. The molecule has 118 valence electrons. The summed E-state index contributed by atoms with van der Waals surface area (Å²) in [5, 5.41) is 13.5. The van der Waals surface area contributed by atoms with Crippen LogP contribution in [-0.2, 0) is 0 Å². The van der Waals surface area contributed by atoms with E-state index in [2.05, 4.69) is 5.32 Å². The zero-order valence-electron chi connectivity index (χ0n) is 13.3. The molecule has 1 aromatic carbocycles. The highest BCUT2D eigenvalue weighted by Crippen LogP contribution is 2.17. The fourth-order valence-electron chi connectivity index (χ4n) is 2.51. The molecule has 0 fully saturated rings. The van der Waals surface area contributed by atoms with Crippen LogP contribution in [0.3, 0.4) is 0 Å². The lowest BCUT2D eigenvalue weighted by Crippen LogP contribution is -2.33. The third kappa shape index (κ3) is 4.06. The second kappa shape index (κ2) is 7.38. The van der Waals surface area contributed by atoms with Crippen LogP contribution in [0, 0.1) is 13.8 Å². The molecule has 0 amide bonds. The Morgan fingerprint density at radius 3 is 2.55 bits per heavy atom. The first-order chi connectivity index (χ1) is 10.5. The summed E-state index contributed by atoms with van der Waals surface area (Å²) in [6.45, 7) is 6.07. The number of Topliss-reactive ketones (excluding diaryl/α,β-unsaturated/α-hetero) is 1. The van der Waals surface area contributed by atoms with E-state index in [1.165, 1.54) is 0 Å². The summed E-state index contributed by atoms with van der Waals surface area (Å²) in [4.78, 5) is 12.1. The number of nitrogens with one attached hydrogen (secondary N) is 1. The lowest BCUT2D eigenvalue weighted by Gasteiger charge is -2.20. The van der Waals surface area contributed by atoms with Gasteiger partial charge in [0.1, 0.15) is 11.5 Å². The van der Waals surface area contributed by atoms with Gasteiger partial charge in [0.15, 0.2) is 5.78 Å². The molecule has 0 saturated heterocycles. The smallest absolute Gasteiger partial charge is 0.167 e. The number of aliphatic hydroxyl groups is 1. The lowest BCUT2D eigenvalue weighted by atomic mass is 10.0. The third-order valence-electron chi connectivity index (χ3n) is 3.77. The molecule has 0 radical (unpaired) electrons. The van der Waals surface area contributed by atoms with Crippen molar-refractivity contribution in [2.24, 2.45) is 0 Å². The molecule has 2 unspecified atom stereocenters. The summed E-state index contributed by atoms with van der Waals surface area (Å²) in [5.74, 6) is 1.48. The second-order valence-electron chi connectivity index (χ2n) is 5.60. The van der Waals surface area contributed by atoms with E-state index in [9.17, 15) is 9.90 Å². The van der Waals surface area contributed by atoms with Gasteiger partial charge in [0.05, 0.1) is 11.7 Å². The van der Waals surface area contributed by atoms with Gasteiger partial charge in [0, 0.05) is 19.0 Å². The SMILES string of the molecule is Cc1cc(C(=O)CCNC(C)C(O)c2ccccc2)c(C)o1. The van der Waals surface area contributed by atoms with Crippen LogP contribution >= 0.6 is 0 Å². The van der Waals surface area contributed by atoms with Gasteiger partial charge in [-0.25, -0.2) is 0 Å². The van der Waals surface area contributed by atoms with Gasteiger partial charge >= 0.3 is 0 Å². The summed E-state index contributed by atoms with van der Waals surface area (Å²) in [6.07, 6.45) is -0.208. The van der Waals surface area contributed by atoms with E-state index in [-0.39, 0.29) is 11.8 Å². The van der Waals surface area contributed by atoms with Crippen molar-refractivity contribution < 1.29 is 14.3 Å². The number of carbonyl (C=O) groups excluding carboxylic acids is 1. The summed E-state index contributed by atoms with van der Waals surface area (Å²) in [7, 11) is 0. The Bertz CT molecular complexity index is 619. The zero-order chi connectivity index (χ0) is 16.1. The number of ketones is 1. The van der Waals surface area contributed by atoms with Gasteiger partial charge in [0.2, 0.25) is 0 Å². The largest absolute Gasteiger partial charge is 0.466 e. The maximum absolute atomic E-state index is 12.1. The lowest BCUT2D eigenvalue weighted by molar-refractivity contribution is 0.0970. The van der Waals surface area contributed by atoms with Crippen molar-refractivity contribution >= 4 is 5.78 Å². The number of benzene rings is 1. The van der Waals surface area contributed by atoms with Crippen molar-refractivity contribution in [3.05, 3.63) is 59.0 Å². The first-order valence-corrected chi connectivity index (χ1v) is 7.55. The molecule has 2 aromatic rings. The van der Waals surface area contributed by atoms with E-state index in [4.69, 9.17) is 4.42 Å². The van der Waals surface area contributed by atoms with Crippen molar-refractivity contribution in [1.29, 1.82) is 0 Å². The molecule has 0 bridgehead atoms. The van der Waals surface area contributed by atoms with E-state index in [1.807, 2.05) is 44.2 Å². The van der Waals surface area contributed by atoms with Gasteiger partial charge in [-0.2, -0.15) is 0 Å². The quantitative estimate of drug-likeness (QED) is 0.771. The predicted octanol–water partition coefficient (Wildman–Crippen LogP) is 3.18. The highest BCUT2D eigenvalue weighted by molar-refractivity contribution is 5.97. The molecule has 2 rings (SSSR count). The first kappa shape index (κ1) is 16.5. The molecule has 4 nitrogen and oxygen atoms in total. The van der Waals surface area contributed by atoms with E-state index in [1.54, 1.807) is 13.0 Å². The molecule has 1 aromatic heterocycles. The van der Waals surface area contributed by atoms with Crippen LogP contribution in [0.4, 0.5) is 0 Å². The normalized spacial score (nSPS) is 13.8. The molecule has 0 aliphatic heterocycles. The first-order valence-electron chi connectivity index (χ1n) is 7.55. The highest BCUT2D eigenvalue weighted by atomic mass is 16.3. The van der Waals surface area contributed by atoms with Crippen molar-refractivity contribution in [3.63, 3.8) is 0 Å². The average molecular weight is 301 g/mol. The highest BCUT2D eigenvalue weighted by Gasteiger charge is 2.17. The molecule has 4 heteroatoms. The van der Waals surface area contributed by atoms with Crippen LogP contribution in [0.15, 0.2) is 40.8 Å². The van der Waals surface area contributed by atoms with Crippen molar-refractivity contribution in [3.8, 4) is 0 Å². The van der Waals surface area contributed by atoms with Crippen LogP contribution in [-0.4, -0.2) is 23.5 Å². The van der Waals surface area contributed by atoms with Gasteiger partial charge in [-0.1, -0.05) is 30.3 Å². The maximum atomic E-state index is 12.1. The van der Waals surface area contributed by atoms with E-state index in [0.717, 1.165) is 11.3 Å². The molecule has 0 aliphatic carbocycles. The average Bonchev–Trinajstić information content (AvgIpc) is 2.86. The Hall–Kier alpha value is -1.91. The van der Waals surface area contributed by atoms with Crippen LogP contribution in [0.1, 0.15) is 46.9 Å². The number of aryl methyl sites for hydroxylation is 2. The summed E-state index contributed by atoms with van der Waals surface area (Å²) < 4.78 is 5.38. The minimum atomic E-state index is -0.589. The van der Waals surface area contributed by atoms with Crippen LogP contribution in [0.25, 0.3) is 0 Å². The number of aliphatic hydroxyl groups excluding tert-OH is 1. The summed E-state index contributed by atoms with van der Waals surface area (Å²) >= 11 is 0. The number of carbonyl (C=O) groups is 1. The van der Waals surface area contributed by atoms with Gasteiger partial charge in [-0.15, -0.1) is 0 Å². The zero-order valence-corrected chi connectivity index (χ0v) is 13.3. The Balaban J connectivity index is 1.83. The molecule has 2 N–H and O–H groups in total. The fourth-order valence-corrected chi connectivity index (χ4v) is 2.51. The van der Waals surface area contributed by atoms with Gasteiger partial charge in [0.25, 0.3) is 0 Å². The van der Waals surface area contributed by atoms with Crippen LogP contribution < -0.4 is 5.32 Å². The molecule has 22 heavy (non-hydrogen) atoms. The monoisotopic (exact) mass is 301 g/mol. The standard InChI is InChI=1S/C18H23NO3/c1-12-11-16(14(3)22-12)17(20)9-10-19-13(2)18(21)15-7-5-4-6-8-15/h4-8,11,13,18-19,21H,9-10H2,1-3H3. The van der Waals surface area contributed by atoms with Crippen molar-refractivity contribution in [2.45, 2.75) is 39.3 Å². The fraction of sp³-hybridized carbons (Fsp3) is 0.389. The maximum Gasteiger partial charge on any atom is 0.167 e. The Labute approximate surface area is 131 Å². The van der Waals surface area contributed by atoms with Gasteiger partial charge < -0.3 is 14.8 Å². The molecule has 0 spiro atoms. The van der Waals surface area contributed by atoms with Crippen molar-refractivity contribution in [2.75, 3.05) is 6.54 Å². The topological polar surface area (TPSA) is 62.5 Å². The molecule has 1 heterocycles. The number of rotatable bonds is 7. The summed E-state index contributed by atoms with van der Waals surface area (Å²) in [5.41, 5.74) is 1.52. The third-order valence-corrected chi connectivity index (χ3v) is 3.77. The Morgan fingerprint density at radius 1 is 1.27 bits per heavy atom. The molecular formula is C18H23NO3. The minimum absolute atomic E-state index is 0.0586. The predicted molar refractivity (Wildman–Crippen MR) is 86.0 cm³/mol. The van der Waals surface area contributed by atoms with Crippen LogP contribution in [0.2, 0.25) is 0 Å². The Kier molecular flexibility index (Phi) is 5.52. The van der Waals surface area contributed by atoms with E-state index in [0.29, 0.717) is 24.3 Å². The minimum Gasteiger partial charge on any atom is -0.466 e. The van der Waals surface area contributed by atoms with E-state index >= 15 is 0 Å². The van der Waals surface area contributed by atoms with Crippen molar-refractivity contribution in [1.82, 2.24) is 5.32 Å². The number of hydrogen-bond donors (Lipinski definition) is 2. The molecule has 0 aliphatic rings. The Morgan fingerprint density at radius 2 is 1.95 bits per heavy atom. The van der Waals surface area contributed by atoms with Crippen LogP contribution in [0.5, 0.6) is 0 Å². The van der Waals surface area contributed by atoms with E-state index < -0.39 is 6.10 Å². The number of hydrogen-bond acceptors (Lipinski definition) is 4.